The highest BCUT2D eigenvalue weighted by Crippen LogP contribution is 2.38. The lowest BCUT2D eigenvalue weighted by molar-refractivity contribution is 0.0683. The van der Waals surface area contributed by atoms with E-state index >= 15 is 0 Å². The Labute approximate surface area is 127 Å². The van der Waals surface area contributed by atoms with E-state index in [0.717, 1.165) is 12.2 Å². The van der Waals surface area contributed by atoms with Crippen molar-refractivity contribution in [2.75, 3.05) is 44.6 Å². The highest BCUT2D eigenvalue weighted by Gasteiger charge is 2.40. The monoisotopic (exact) mass is 311 g/mol. The lowest BCUT2D eigenvalue weighted by Gasteiger charge is -2.49. The number of nitrogen functional groups attached to an aromatic ring is 1. The fraction of sp³-hybridized carbons (Fsp3) is 0.600. The molecule has 0 aromatic heterocycles. The van der Waals surface area contributed by atoms with Gasteiger partial charge in [-0.15, -0.1) is 0 Å². The number of nitrogens with two attached hydrogens (primary N) is 1. The zero-order valence-corrected chi connectivity index (χ0v) is 14.1. The first-order chi connectivity index (χ1) is 9.66. The molecule has 0 amide bonds. The SMILES string of the molecule is CN(CC1(N(C)C)CCC1)c1ccc(S(C)(=O)=O)cc1N. The molecule has 0 saturated heterocycles. The van der Waals surface area contributed by atoms with Crippen molar-refractivity contribution >= 4 is 21.2 Å². The average Bonchev–Trinajstić information content (AvgIpc) is 2.31. The van der Waals surface area contributed by atoms with Gasteiger partial charge in [0.25, 0.3) is 0 Å². The van der Waals surface area contributed by atoms with E-state index in [0.29, 0.717) is 5.69 Å². The highest BCUT2D eigenvalue weighted by atomic mass is 32.2. The van der Waals surface area contributed by atoms with E-state index in [-0.39, 0.29) is 10.4 Å². The molecule has 1 aliphatic carbocycles. The van der Waals surface area contributed by atoms with Crippen LogP contribution in [0.25, 0.3) is 0 Å². The van der Waals surface area contributed by atoms with Gasteiger partial charge in [0.1, 0.15) is 0 Å². The van der Waals surface area contributed by atoms with Crippen molar-refractivity contribution in [3.05, 3.63) is 18.2 Å². The Kier molecular flexibility index (Phi) is 4.22. The van der Waals surface area contributed by atoms with Gasteiger partial charge in [-0.05, 0) is 51.6 Å². The van der Waals surface area contributed by atoms with Crippen molar-refractivity contribution in [2.45, 2.75) is 29.7 Å². The Morgan fingerprint density at radius 2 is 1.86 bits per heavy atom. The van der Waals surface area contributed by atoms with Gasteiger partial charge in [-0.25, -0.2) is 8.42 Å². The van der Waals surface area contributed by atoms with E-state index in [4.69, 9.17) is 5.73 Å². The van der Waals surface area contributed by atoms with Gasteiger partial charge in [0.15, 0.2) is 9.84 Å². The number of anilines is 2. The third-order valence-electron chi connectivity index (χ3n) is 4.60. The molecule has 0 atom stereocenters. The Balaban J connectivity index is 2.22. The molecule has 1 aliphatic rings. The van der Waals surface area contributed by atoms with Gasteiger partial charge in [-0.2, -0.15) is 0 Å². The second kappa shape index (κ2) is 5.50. The average molecular weight is 311 g/mol. The molecule has 6 heteroatoms. The van der Waals surface area contributed by atoms with Crippen LogP contribution in [0.1, 0.15) is 19.3 Å². The molecule has 0 spiro atoms. The molecular formula is C15H25N3O2S. The molecule has 1 fully saturated rings. The van der Waals surface area contributed by atoms with Gasteiger partial charge in [0, 0.05) is 25.4 Å². The standard InChI is InChI=1S/C15H25N3O2S/c1-17(2)15(8-5-9-15)11-18(3)14-7-6-12(10-13(14)16)21(4,19)20/h6-7,10H,5,8-9,11,16H2,1-4H3. The van der Waals surface area contributed by atoms with Crippen molar-refractivity contribution < 1.29 is 8.42 Å². The topological polar surface area (TPSA) is 66.6 Å². The molecule has 0 aliphatic heterocycles. The molecule has 1 saturated carbocycles. The van der Waals surface area contributed by atoms with Crippen LogP contribution in [0.5, 0.6) is 0 Å². The minimum absolute atomic E-state index is 0.205. The molecule has 0 heterocycles. The van der Waals surface area contributed by atoms with Crippen molar-refractivity contribution in [3.63, 3.8) is 0 Å². The van der Waals surface area contributed by atoms with E-state index in [1.165, 1.54) is 25.5 Å². The summed E-state index contributed by atoms with van der Waals surface area (Å²) in [6.45, 7) is 0.891. The van der Waals surface area contributed by atoms with Crippen LogP contribution < -0.4 is 10.6 Å². The van der Waals surface area contributed by atoms with Crippen molar-refractivity contribution in [3.8, 4) is 0 Å². The quantitative estimate of drug-likeness (QED) is 0.837. The Morgan fingerprint density at radius 3 is 2.24 bits per heavy atom. The van der Waals surface area contributed by atoms with Gasteiger partial charge in [-0.3, -0.25) is 0 Å². The summed E-state index contributed by atoms with van der Waals surface area (Å²) >= 11 is 0. The van der Waals surface area contributed by atoms with Crippen LogP contribution in [0.3, 0.4) is 0 Å². The maximum absolute atomic E-state index is 11.6. The van der Waals surface area contributed by atoms with Crippen molar-refractivity contribution in [1.29, 1.82) is 0 Å². The van der Waals surface area contributed by atoms with Gasteiger partial charge in [0.2, 0.25) is 0 Å². The number of hydrogen-bond donors (Lipinski definition) is 1. The molecule has 0 radical (unpaired) electrons. The first-order valence-corrected chi connectivity index (χ1v) is 9.03. The largest absolute Gasteiger partial charge is 0.397 e. The number of likely N-dealkylation sites (N-methyl/N-ethyl adjacent to an activating group) is 2. The number of sulfone groups is 1. The molecule has 118 valence electrons. The first kappa shape index (κ1) is 16.1. The Morgan fingerprint density at radius 1 is 1.24 bits per heavy atom. The summed E-state index contributed by atoms with van der Waals surface area (Å²) in [5, 5.41) is 0. The lowest BCUT2D eigenvalue weighted by Crippen LogP contribution is -2.56. The predicted molar refractivity (Wildman–Crippen MR) is 87.5 cm³/mol. The van der Waals surface area contributed by atoms with Crippen LogP contribution in [0.2, 0.25) is 0 Å². The van der Waals surface area contributed by atoms with Gasteiger partial charge < -0.3 is 15.5 Å². The van der Waals surface area contributed by atoms with E-state index in [1.807, 2.05) is 7.05 Å². The molecule has 0 bridgehead atoms. The van der Waals surface area contributed by atoms with Crippen LogP contribution in [0.4, 0.5) is 11.4 Å². The number of rotatable bonds is 5. The maximum atomic E-state index is 11.6. The summed E-state index contributed by atoms with van der Waals surface area (Å²) in [6, 6.07) is 4.97. The molecule has 0 unspecified atom stereocenters. The highest BCUT2D eigenvalue weighted by molar-refractivity contribution is 7.90. The van der Waals surface area contributed by atoms with Crippen LogP contribution in [0.15, 0.2) is 23.1 Å². The Bertz CT molecular complexity index is 622. The van der Waals surface area contributed by atoms with Gasteiger partial charge in [-0.1, -0.05) is 0 Å². The third-order valence-corrected chi connectivity index (χ3v) is 5.71. The lowest BCUT2D eigenvalue weighted by atomic mass is 9.75. The van der Waals surface area contributed by atoms with Gasteiger partial charge in [0.05, 0.1) is 16.3 Å². The summed E-state index contributed by atoms with van der Waals surface area (Å²) in [7, 11) is 3.02. The summed E-state index contributed by atoms with van der Waals surface area (Å²) in [4.78, 5) is 4.68. The fourth-order valence-corrected chi connectivity index (χ4v) is 3.63. The summed E-state index contributed by atoms with van der Waals surface area (Å²) in [5.74, 6) is 0. The third kappa shape index (κ3) is 3.16. The summed E-state index contributed by atoms with van der Waals surface area (Å²) in [5.41, 5.74) is 7.65. The zero-order chi connectivity index (χ0) is 15.8. The fourth-order valence-electron chi connectivity index (χ4n) is 2.97. The number of benzene rings is 1. The minimum Gasteiger partial charge on any atom is -0.397 e. The summed E-state index contributed by atoms with van der Waals surface area (Å²) in [6.07, 6.45) is 4.83. The van der Waals surface area contributed by atoms with E-state index in [9.17, 15) is 8.42 Å². The van der Waals surface area contributed by atoms with Crippen LogP contribution in [-0.2, 0) is 9.84 Å². The second-order valence-corrected chi connectivity index (χ2v) is 8.34. The van der Waals surface area contributed by atoms with Crippen molar-refractivity contribution in [2.24, 2.45) is 0 Å². The maximum Gasteiger partial charge on any atom is 0.175 e. The van der Waals surface area contributed by atoms with Crippen LogP contribution >= 0.6 is 0 Å². The number of hydrogen-bond acceptors (Lipinski definition) is 5. The number of nitrogens with zero attached hydrogens (tertiary/aromatic N) is 2. The molecule has 2 rings (SSSR count). The van der Waals surface area contributed by atoms with Crippen LogP contribution in [-0.4, -0.2) is 52.8 Å². The molecule has 21 heavy (non-hydrogen) atoms. The summed E-state index contributed by atoms with van der Waals surface area (Å²) < 4.78 is 23.1. The first-order valence-electron chi connectivity index (χ1n) is 7.14. The molecular weight excluding hydrogens is 286 g/mol. The van der Waals surface area contributed by atoms with Gasteiger partial charge >= 0.3 is 0 Å². The molecule has 5 nitrogen and oxygen atoms in total. The van der Waals surface area contributed by atoms with Crippen LogP contribution in [0, 0.1) is 0 Å². The van der Waals surface area contributed by atoms with E-state index < -0.39 is 9.84 Å². The smallest absolute Gasteiger partial charge is 0.175 e. The minimum atomic E-state index is -3.22. The normalized spacial score (nSPS) is 17.6. The molecule has 1 aromatic carbocycles. The van der Waals surface area contributed by atoms with E-state index in [1.54, 1.807) is 18.2 Å². The van der Waals surface area contributed by atoms with Crippen molar-refractivity contribution in [1.82, 2.24) is 4.90 Å². The Hall–Kier alpha value is -1.27. The predicted octanol–water partition coefficient (Wildman–Crippen LogP) is 1.59. The molecule has 2 N–H and O–H groups in total. The van der Waals surface area contributed by atoms with E-state index in [2.05, 4.69) is 23.9 Å². The molecule has 1 aromatic rings. The second-order valence-electron chi connectivity index (χ2n) is 6.32. The zero-order valence-electron chi connectivity index (χ0n) is 13.3.